The lowest BCUT2D eigenvalue weighted by Gasteiger charge is -2.30. The molecule has 0 bridgehead atoms. The Hall–Kier alpha value is -2.56. The van der Waals surface area contributed by atoms with E-state index >= 15 is 0 Å². The van der Waals surface area contributed by atoms with E-state index in [1.807, 2.05) is 26.8 Å². The zero-order valence-electron chi connectivity index (χ0n) is 15.8. The first-order valence-corrected chi connectivity index (χ1v) is 8.94. The molecule has 0 aliphatic carbocycles. The monoisotopic (exact) mass is 356 g/mol. The SMILES string of the molecule is CCCc1cc(=O)oc2c3c(c(C(=O)C(C)C)c(O)c12)OC(C)(C)C=C3. The molecule has 5 nitrogen and oxygen atoms in total. The number of rotatable bonds is 4. The molecule has 2 heterocycles. The Balaban J connectivity index is 2.50. The lowest BCUT2D eigenvalue weighted by Crippen LogP contribution is -2.29. The van der Waals surface area contributed by atoms with Gasteiger partial charge in [-0.25, -0.2) is 4.79 Å². The molecule has 138 valence electrons. The Morgan fingerprint density at radius 1 is 1.31 bits per heavy atom. The second-order valence-electron chi connectivity index (χ2n) is 7.57. The third-order valence-corrected chi connectivity index (χ3v) is 4.54. The van der Waals surface area contributed by atoms with E-state index < -0.39 is 11.2 Å². The number of aryl methyl sites for hydroxylation is 1. The molecule has 26 heavy (non-hydrogen) atoms. The average molecular weight is 356 g/mol. The maximum atomic E-state index is 12.9. The molecule has 0 saturated heterocycles. The highest BCUT2D eigenvalue weighted by atomic mass is 16.5. The van der Waals surface area contributed by atoms with Crippen LogP contribution in [0.3, 0.4) is 0 Å². The summed E-state index contributed by atoms with van der Waals surface area (Å²) in [6.07, 6.45) is 5.04. The maximum absolute atomic E-state index is 12.9. The predicted molar refractivity (Wildman–Crippen MR) is 101 cm³/mol. The summed E-state index contributed by atoms with van der Waals surface area (Å²) < 4.78 is 11.5. The predicted octanol–water partition coefficient (Wildman–Crippen LogP) is 4.47. The van der Waals surface area contributed by atoms with E-state index in [0.29, 0.717) is 22.9 Å². The normalized spacial score (nSPS) is 15.2. The standard InChI is InChI=1S/C21H24O5/c1-6-7-12-10-14(22)25-19-13-8-9-21(4,5)26-20(13)16(17(23)11(2)3)18(24)15(12)19/h8-11,24H,6-7H2,1-5H3. The third kappa shape index (κ3) is 2.91. The summed E-state index contributed by atoms with van der Waals surface area (Å²) in [7, 11) is 0. The molecular formula is C21H24O5. The summed E-state index contributed by atoms with van der Waals surface area (Å²) in [6, 6.07) is 1.39. The lowest BCUT2D eigenvalue weighted by molar-refractivity contribution is 0.0923. The molecule has 1 aliphatic heterocycles. The van der Waals surface area contributed by atoms with Crippen LogP contribution in [0, 0.1) is 5.92 Å². The van der Waals surface area contributed by atoms with Crippen molar-refractivity contribution in [3.8, 4) is 11.5 Å². The molecular weight excluding hydrogens is 332 g/mol. The first-order chi connectivity index (χ1) is 12.2. The van der Waals surface area contributed by atoms with E-state index in [9.17, 15) is 14.7 Å². The average Bonchev–Trinajstić information content (AvgIpc) is 2.53. The Morgan fingerprint density at radius 2 is 2.00 bits per heavy atom. The molecule has 0 radical (unpaired) electrons. The van der Waals surface area contributed by atoms with Gasteiger partial charge in [-0.1, -0.05) is 27.2 Å². The highest BCUT2D eigenvalue weighted by molar-refractivity contribution is 6.10. The lowest BCUT2D eigenvalue weighted by atomic mass is 9.90. The fourth-order valence-corrected chi connectivity index (χ4v) is 3.28. The summed E-state index contributed by atoms with van der Waals surface area (Å²) in [5.41, 5.74) is 0.502. The molecule has 0 amide bonds. The third-order valence-electron chi connectivity index (χ3n) is 4.54. The number of fused-ring (bicyclic) bond motifs is 3. The molecule has 0 saturated carbocycles. The van der Waals surface area contributed by atoms with Crippen molar-refractivity contribution in [1.82, 2.24) is 0 Å². The number of ether oxygens (including phenoxy) is 1. The number of phenolic OH excluding ortho intramolecular Hbond substituents is 1. The van der Waals surface area contributed by atoms with Crippen LogP contribution in [-0.4, -0.2) is 16.5 Å². The zero-order chi connectivity index (χ0) is 19.2. The van der Waals surface area contributed by atoms with Crippen molar-refractivity contribution in [2.75, 3.05) is 0 Å². The highest BCUT2D eigenvalue weighted by Gasteiger charge is 2.33. The number of Topliss-reactive ketones (excluding diaryl/α,β-unsaturated/α-hetero) is 1. The van der Waals surface area contributed by atoms with Crippen LogP contribution < -0.4 is 10.4 Å². The van der Waals surface area contributed by atoms with E-state index in [-0.39, 0.29) is 34.3 Å². The van der Waals surface area contributed by atoms with Crippen molar-refractivity contribution in [2.24, 2.45) is 5.92 Å². The Kier molecular flexibility index (Phi) is 4.42. The fourth-order valence-electron chi connectivity index (χ4n) is 3.28. The van der Waals surface area contributed by atoms with Gasteiger partial charge in [0.15, 0.2) is 11.4 Å². The zero-order valence-corrected chi connectivity index (χ0v) is 15.8. The van der Waals surface area contributed by atoms with E-state index in [0.717, 1.165) is 6.42 Å². The van der Waals surface area contributed by atoms with Crippen LogP contribution in [0.2, 0.25) is 0 Å². The van der Waals surface area contributed by atoms with Gasteiger partial charge in [0, 0.05) is 12.0 Å². The van der Waals surface area contributed by atoms with Crippen molar-refractivity contribution in [3.05, 3.63) is 39.3 Å². The number of carbonyl (C=O) groups excluding carboxylic acids is 1. The van der Waals surface area contributed by atoms with Gasteiger partial charge in [-0.05, 0) is 38.0 Å². The number of carbonyl (C=O) groups is 1. The van der Waals surface area contributed by atoms with Gasteiger partial charge < -0.3 is 14.3 Å². The van der Waals surface area contributed by atoms with Crippen LogP contribution in [0.25, 0.3) is 17.0 Å². The van der Waals surface area contributed by atoms with Gasteiger partial charge in [0.05, 0.1) is 10.9 Å². The summed E-state index contributed by atoms with van der Waals surface area (Å²) in [5, 5.41) is 11.4. The molecule has 5 heteroatoms. The molecule has 1 aromatic carbocycles. The number of hydrogen-bond acceptors (Lipinski definition) is 5. The first kappa shape index (κ1) is 18.2. The molecule has 1 aliphatic rings. The van der Waals surface area contributed by atoms with Crippen LogP contribution in [-0.2, 0) is 6.42 Å². The summed E-state index contributed by atoms with van der Waals surface area (Å²) in [5.74, 6) is -0.417. The Morgan fingerprint density at radius 3 is 2.62 bits per heavy atom. The maximum Gasteiger partial charge on any atom is 0.336 e. The van der Waals surface area contributed by atoms with Gasteiger partial charge in [-0.15, -0.1) is 0 Å². The second-order valence-corrected chi connectivity index (χ2v) is 7.57. The minimum atomic E-state index is -0.638. The van der Waals surface area contributed by atoms with Gasteiger partial charge in [0.1, 0.15) is 22.7 Å². The van der Waals surface area contributed by atoms with E-state index in [1.54, 1.807) is 19.9 Å². The van der Waals surface area contributed by atoms with E-state index in [1.165, 1.54) is 6.07 Å². The van der Waals surface area contributed by atoms with Crippen LogP contribution in [0.15, 0.2) is 21.4 Å². The number of ketones is 1. The largest absolute Gasteiger partial charge is 0.506 e. The molecule has 3 rings (SSSR count). The molecule has 1 N–H and O–H groups in total. The van der Waals surface area contributed by atoms with E-state index in [2.05, 4.69) is 0 Å². The number of aromatic hydroxyl groups is 1. The molecule has 0 unspecified atom stereocenters. The summed E-state index contributed by atoms with van der Waals surface area (Å²) in [4.78, 5) is 24.9. The molecule has 1 aromatic heterocycles. The quantitative estimate of drug-likeness (QED) is 0.646. The van der Waals surface area contributed by atoms with Gasteiger partial charge in [0.2, 0.25) is 0 Å². The topological polar surface area (TPSA) is 76.7 Å². The molecule has 2 aromatic rings. The van der Waals surface area contributed by atoms with Crippen molar-refractivity contribution >= 4 is 22.8 Å². The van der Waals surface area contributed by atoms with Crippen molar-refractivity contribution in [1.29, 1.82) is 0 Å². The minimum Gasteiger partial charge on any atom is -0.506 e. The number of benzene rings is 1. The number of hydrogen-bond donors (Lipinski definition) is 1. The highest BCUT2D eigenvalue weighted by Crippen LogP contribution is 2.46. The molecule has 0 atom stereocenters. The Labute approximate surface area is 152 Å². The summed E-state index contributed by atoms with van der Waals surface area (Å²) in [6.45, 7) is 9.27. The second kappa shape index (κ2) is 6.31. The van der Waals surface area contributed by atoms with Gasteiger partial charge in [-0.2, -0.15) is 0 Å². The van der Waals surface area contributed by atoms with Crippen molar-refractivity contribution in [2.45, 2.75) is 53.1 Å². The van der Waals surface area contributed by atoms with Crippen LogP contribution in [0.5, 0.6) is 11.5 Å². The molecule has 0 fully saturated rings. The fraction of sp³-hybridized carbons (Fsp3) is 0.429. The van der Waals surface area contributed by atoms with Crippen LogP contribution in [0.4, 0.5) is 0 Å². The van der Waals surface area contributed by atoms with Crippen molar-refractivity contribution < 1.29 is 19.1 Å². The van der Waals surface area contributed by atoms with E-state index in [4.69, 9.17) is 9.15 Å². The smallest absolute Gasteiger partial charge is 0.336 e. The van der Waals surface area contributed by atoms with Gasteiger partial charge in [0.25, 0.3) is 0 Å². The van der Waals surface area contributed by atoms with Gasteiger partial charge >= 0.3 is 5.63 Å². The molecule has 0 spiro atoms. The summed E-state index contributed by atoms with van der Waals surface area (Å²) >= 11 is 0. The van der Waals surface area contributed by atoms with Gasteiger partial charge in [-0.3, -0.25) is 4.79 Å². The first-order valence-electron chi connectivity index (χ1n) is 8.94. The number of phenols is 1. The Bertz CT molecular complexity index is 976. The van der Waals surface area contributed by atoms with Crippen LogP contribution in [0.1, 0.15) is 62.5 Å². The minimum absolute atomic E-state index is 0.158. The van der Waals surface area contributed by atoms with Crippen LogP contribution >= 0.6 is 0 Å². The van der Waals surface area contributed by atoms with Crippen molar-refractivity contribution in [3.63, 3.8) is 0 Å².